The molecule has 0 unspecified atom stereocenters. The summed E-state index contributed by atoms with van der Waals surface area (Å²) in [5.41, 5.74) is 0.577. The van der Waals surface area contributed by atoms with E-state index < -0.39 is 21.7 Å². The third kappa shape index (κ3) is 4.25. The van der Waals surface area contributed by atoms with Crippen molar-refractivity contribution < 1.29 is 21.9 Å². The van der Waals surface area contributed by atoms with Gasteiger partial charge in [0.2, 0.25) is 0 Å². The summed E-state index contributed by atoms with van der Waals surface area (Å²) in [6, 6.07) is 16.9. The first-order valence-electron chi connectivity index (χ1n) is 8.07. The van der Waals surface area contributed by atoms with Crippen LogP contribution in [0.25, 0.3) is 0 Å². The molecule has 0 atom stereocenters. The number of sulfonamides is 1. The first-order chi connectivity index (χ1) is 12.9. The summed E-state index contributed by atoms with van der Waals surface area (Å²) in [5.74, 6) is -0.677. The number of hydrogen-bond acceptors (Lipinski definition) is 3. The standard InChI is InChI=1S/C20H17F2NO3S/c1-26-19-9-4-10-20(13-19)27(24,25)23(18-8-3-7-17(22)12-18)14-15-5-2-6-16(21)11-15/h2-13H,14H2,1H3. The zero-order chi connectivity index (χ0) is 19.4. The van der Waals surface area contributed by atoms with Crippen LogP contribution in [0.15, 0.2) is 77.7 Å². The van der Waals surface area contributed by atoms with E-state index in [1.54, 1.807) is 18.2 Å². The highest BCUT2D eigenvalue weighted by Crippen LogP contribution is 2.28. The molecule has 0 radical (unpaired) electrons. The highest BCUT2D eigenvalue weighted by Gasteiger charge is 2.26. The SMILES string of the molecule is COc1cccc(S(=O)(=O)N(Cc2cccc(F)c2)c2cccc(F)c2)c1. The maximum atomic E-state index is 13.7. The molecule has 3 rings (SSSR count). The zero-order valence-corrected chi connectivity index (χ0v) is 15.3. The molecule has 0 spiro atoms. The maximum Gasteiger partial charge on any atom is 0.264 e. The van der Waals surface area contributed by atoms with Gasteiger partial charge in [0.25, 0.3) is 10.0 Å². The Kier molecular flexibility index (Phi) is 5.41. The first-order valence-corrected chi connectivity index (χ1v) is 9.51. The average Bonchev–Trinajstić information content (AvgIpc) is 2.66. The van der Waals surface area contributed by atoms with E-state index in [1.165, 1.54) is 55.6 Å². The smallest absolute Gasteiger partial charge is 0.264 e. The van der Waals surface area contributed by atoms with E-state index in [0.717, 1.165) is 10.4 Å². The Morgan fingerprint density at radius 1 is 0.889 bits per heavy atom. The number of nitrogens with zero attached hydrogens (tertiary/aromatic N) is 1. The predicted molar refractivity (Wildman–Crippen MR) is 99.2 cm³/mol. The quantitative estimate of drug-likeness (QED) is 0.629. The molecule has 3 aromatic carbocycles. The van der Waals surface area contributed by atoms with Gasteiger partial charge in [-0.25, -0.2) is 17.2 Å². The predicted octanol–water partition coefficient (Wildman–Crippen LogP) is 4.37. The number of anilines is 1. The topological polar surface area (TPSA) is 46.6 Å². The van der Waals surface area contributed by atoms with Crippen molar-refractivity contribution in [1.82, 2.24) is 0 Å². The minimum Gasteiger partial charge on any atom is -0.497 e. The third-order valence-corrected chi connectivity index (χ3v) is 5.71. The minimum absolute atomic E-state index is 0.0116. The molecule has 0 saturated heterocycles. The van der Waals surface area contributed by atoms with E-state index in [0.29, 0.717) is 11.3 Å². The van der Waals surface area contributed by atoms with Crippen molar-refractivity contribution in [2.24, 2.45) is 0 Å². The molecule has 0 aromatic heterocycles. The molecule has 0 aliphatic heterocycles. The second kappa shape index (κ2) is 7.75. The van der Waals surface area contributed by atoms with Gasteiger partial charge in [-0.3, -0.25) is 4.31 Å². The van der Waals surface area contributed by atoms with Crippen LogP contribution in [0.3, 0.4) is 0 Å². The van der Waals surface area contributed by atoms with Crippen LogP contribution in [0.2, 0.25) is 0 Å². The van der Waals surface area contributed by atoms with Gasteiger partial charge in [0.15, 0.2) is 0 Å². The van der Waals surface area contributed by atoms with E-state index >= 15 is 0 Å². The monoisotopic (exact) mass is 389 g/mol. The van der Waals surface area contributed by atoms with Crippen molar-refractivity contribution in [3.8, 4) is 5.75 Å². The lowest BCUT2D eigenvalue weighted by molar-refractivity contribution is 0.413. The molecular weight excluding hydrogens is 372 g/mol. The Hall–Kier alpha value is -2.93. The van der Waals surface area contributed by atoms with Crippen LogP contribution >= 0.6 is 0 Å². The van der Waals surface area contributed by atoms with E-state index in [4.69, 9.17) is 4.74 Å². The molecular formula is C20H17F2NO3S. The molecule has 0 aliphatic rings. The van der Waals surface area contributed by atoms with Crippen LogP contribution < -0.4 is 9.04 Å². The minimum atomic E-state index is -4.05. The number of methoxy groups -OCH3 is 1. The normalized spacial score (nSPS) is 11.2. The van der Waals surface area contributed by atoms with Gasteiger partial charge >= 0.3 is 0 Å². The molecule has 0 fully saturated rings. The fourth-order valence-corrected chi connectivity index (χ4v) is 4.12. The lowest BCUT2D eigenvalue weighted by Crippen LogP contribution is -2.30. The molecule has 4 nitrogen and oxygen atoms in total. The molecule has 0 amide bonds. The summed E-state index contributed by atoms with van der Waals surface area (Å²) < 4.78 is 59.9. The summed E-state index contributed by atoms with van der Waals surface area (Å²) in [7, 11) is -2.62. The van der Waals surface area contributed by atoms with Gasteiger partial charge in [0.05, 0.1) is 24.2 Å². The molecule has 0 N–H and O–H groups in total. The van der Waals surface area contributed by atoms with Crippen molar-refractivity contribution in [3.63, 3.8) is 0 Å². The largest absolute Gasteiger partial charge is 0.497 e. The number of halogens is 2. The van der Waals surface area contributed by atoms with Crippen LogP contribution in [0.1, 0.15) is 5.56 Å². The van der Waals surface area contributed by atoms with Crippen LogP contribution in [0, 0.1) is 11.6 Å². The van der Waals surface area contributed by atoms with Crippen LogP contribution in [-0.2, 0) is 16.6 Å². The Morgan fingerprint density at radius 3 is 2.22 bits per heavy atom. The van der Waals surface area contributed by atoms with Crippen LogP contribution in [0.5, 0.6) is 5.75 Å². The van der Waals surface area contributed by atoms with E-state index in [1.807, 2.05) is 0 Å². The Balaban J connectivity index is 2.10. The van der Waals surface area contributed by atoms with E-state index in [9.17, 15) is 17.2 Å². The second-order valence-corrected chi connectivity index (χ2v) is 7.66. The lowest BCUT2D eigenvalue weighted by Gasteiger charge is -2.25. The van der Waals surface area contributed by atoms with Crippen LogP contribution in [-0.4, -0.2) is 15.5 Å². The van der Waals surface area contributed by atoms with Crippen molar-refractivity contribution in [2.45, 2.75) is 11.4 Å². The van der Waals surface area contributed by atoms with Crippen molar-refractivity contribution in [3.05, 3.63) is 90.0 Å². The Labute approximate surface area is 156 Å². The second-order valence-electron chi connectivity index (χ2n) is 5.80. The first kappa shape index (κ1) is 18.8. The summed E-state index contributed by atoms with van der Waals surface area (Å²) in [5, 5.41) is 0. The molecule has 7 heteroatoms. The highest BCUT2D eigenvalue weighted by molar-refractivity contribution is 7.92. The molecule has 0 bridgehead atoms. The molecule has 140 valence electrons. The van der Waals surface area contributed by atoms with E-state index in [2.05, 4.69) is 0 Å². The number of hydrogen-bond donors (Lipinski definition) is 0. The van der Waals surface area contributed by atoms with Gasteiger partial charge in [-0.2, -0.15) is 0 Å². The highest BCUT2D eigenvalue weighted by atomic mass is 32.2. The van der Waals surface area contributed by atoms with Crippen LogP contribution in [0.4, 0.5) is 14.5 Å². The van der Waals surface area contributed by atoms with Gasteiger partial charge in [0, 0.05) is 6.07 Å². The Bertz CT molecular complexity index is 1050. The van der Waals surface area contributed by atoms with Gasteiger partial charge in [-0.15, -0.1) is 0 Å². The number of benzene rings is 3. The third-order valence-electron chi connectivity index (χ3n) is 3.94. The molecule has 0 saturated carbocycles. The van der Waals surface area contributed by atoms with Gasteiger partial charge in [0.1, 0.15) is 17.4 Å². The van der Waals surface area contributed by atoms with Gasteiger partial charge in [-0.05, 0) is 48.0 Å². The Morgan fingerprint density at radius 2 is 1.56 bits per heavy atom. The van der Waals surface area contributed by atoms with Gasteiger partial charge < -0.3 is 4.74 Å². The average molecular weight is 389 g/mol. The fraction of sp³-hybridized carbons (Fsp3) is 0.100. The summed E-state index contributed by atoms with van der Waals surface area (Å²) >= 11 is 0. The summed E-state index contributed by atoms with van der Waals surface area (Å²) in [6.07, 6.45) is 0. The van der Waals surface area contributed by atoms with Crippen molar-refractivity contribution in [2.75, 3.05) is 11.4 Å². The summed E-state index contributed by atoms with van der Waals surface area (Å²) in [6.45, 7) is -0.152. The van der Waals surface area contributed by atoms with Crippen molar-refractivity contribution in [1.29, 1.82) is 0 Å². The number of ether oxygens (including phenoxy) is 1. The summed E-state index contributed by atoms with van der Waals surface area (Å²) in [4.78, 5) is -0.0116. The maximum absolute atomic E-state index is 13.7. The molecule has 0 aliphatic carbocycles. The van der Waals surface area contributed by atoms with Crippen molar-refractivity contribution >= 4 is 15.7 Å². The molecule has 27 heavy (non-hydrogen) atoms. The number of rotatable bonds is 6. The van der Waals surface area contributed by atoms with E-state index in [-0.39, 0.29) is 17.1 Å². The fourth-order valence-electron chi connectivity index (χ4n) is 2.64. The molecule has 3 aromatic rings. The molecule has 0 heterocycles. The van der Waals surface area contributed by atoms with Gasteiger partial charge in [-0.1, -0.05) is 24.3 Å². The zero-order valence-electron chi connectivity index (χ0n) is 14.5. The lowest BCUT2D eigenvalue weighted by atomic mass is 10.2.